The summed E-state index contributed by atoms with van der Waals surface area (Å²) in [6.07, 6.45) is 0. The number of pyridine rings is 1. The van der Waals surface area contributed by atoms with E-state index in [0.717, 1.165) is 11.3 Å². The van der Waals surface area contributed by atoms with Gasteiger partial charge in [-0.25, -0.2) is 9.78 Å². The first-order valence-electron chi connectivity index (χ1n) is 11.2. The summed E-state index contributed by atoms with van der Waals surface area (Å²) in [5.74, 6) is 0.0763. The molecular formula is C26H27BClNO6. The number of hydrogen-bond acceptors (Lipinski definition) is 6. The van der Waals surface area contributed by atoms with Gasteiger partial charge in [-0.15, -0.1) is 0 Å². The smallest absolute Gasteiger partial charge is 0.497 e. The quantitative estimate of drug-likeness (QED) is 0.462. The Kier molecular flexibility index (Phi) is 6.82. The highest BCUT2D eigenvalue weighted by Crippen LogP contribution is 2.38. The molecule has 0 radical (unpaired) electrons. The molecule has 1 fully saturated rings. The Hall–Kier alpha value is -3.07. The van der Waals surface area contributed by atoms with Gasteiger partial charge in [-0.3, -0.25) is 0 Å². The summed E-state index contributed by atoms with van der Waals surface area (Å²) in [5.41, 5.74) is 1.41. The summed E-state index contributed by atoms with van der Waals surface area (Å²) in [6.45, 7) is 8.12. The molecule has 1 aliphatic rings. The van der Waals surface area contributed by atoms with Crippen LogP contribution in [0, 0.1) is 0 Å². The summed E-state index contributed by atoms with van der Waals surface area (Å²) in [4.78, 5) is 16.1. The van der Waals surface area contributed by atoms with Crippen LogP contribution in [0.15, 0.2) is 54.6 Å². The lowest BCUT2D eigenvalue weighted by Crippen LogP contribution is -2.41. The lowest BCUT2D eigenvalue weighted by Gasteiger charge is -2.32. The number of methoxy groups -OCH3 is 1. The highest BCUT2D eigenvalue weighted by molar-refractivity contribution is 6.63. The third kappa shape index (κ3) is 5.15. The van der Waals surface area contributed by atoms with Crippen molar-refractivity contribution in [2.75, 3.05) is 7.11 Å². The molecule has 7 nitrogen and oxygen atoms in total. The Morgan fingerprint density at radius 1 is 1.03 bits per heavy atom. The average Bonchev–Trinajstić information content (AvgIpc) is 3.05. The van der Waals surface area contributed by atoms with Gasteiger partial charge >= 0.3 is 13.1 Å². The molecule has 0 saturated carbocycles. The number of halogens is 1. The molecule has 0 unspecified atom stereocenters. The number of hydrogen-bond donors (Lipinski definition) is 1. The lowest BCUT2D eigenvalue weighted by atomic mass is 9.76. The van der Waals surface area contributed by atoms with Crippen molar-refractivity contribution in [3.63, 3.8) is 0 Å². The van der Waals surface area contributed by atoms with Gasteiger partial charge in [0.2, 0.25) is 0 Å². The first-order valence-corrected chi connectivity index (χ1v) is 11.5. The SMILES string of the molecule is COc1ccc(COc2cc(-c3nc(C(=O)O)ccc3B3OC(C)(C)C(C)(C)O3)ccc2Cl)cc1. The second-order valence-corrected chi connectivity index (χ2v) is 9.72. The largest absolute Gasteiger partial charge is 0.497 e. The predicted molar refractivity (Wildman–Crippen MR) is 135 cm³/mol. The van der Waals surface area contributed by atoms with E-state index in [4.69, 9.17) is 30.4 Å². The van der Waals surface area contributed by atoms with E-state index >= 15 is 0 Å². The summed E-state index contributed by atoms with van der Waals surface area (Å²) >= 11 is 6.41. The highest BCUT2D eigenvalue weighted by Gasteiger charge is 2.52. The van der Waals surface area contributed by atoms with Crippen LogP contribution in [0.1, 0.15) is 43.7 Å². The van der Waals surface area contributed by atoms with Crippen molar-refractivity contribution < 1.29 is 28.7 Å². The lowest BCUT2D eigenvalue weighted by molar-refractivity contribution is 0.00578. The normalized spacial score (nSPS) is 16.2. The van der Waals surface area contributed by atoms with Crippen molar-refractivity contribution in [2.45, 2.75) is 45.5 Å². The molecule has 2 heterocycles. The van der Waals surface area contributed by atoms with Crippen LogP contribution in [-0.2, 0) is 15.9 Å². The molecule has 2 aromatic carbocycles. The molecule has 182 valence electrons. The number of ether oxygens (including phenoxy) is 2. The molecular weight excluding hydrogens is 469 g/mol. The van der Waals surface area contributed by atoms with Crippen LogP contribution in [0.5, 0.6) is 11.5 Å². The molecule has 0 bridgehead atoms. The third-order valence-electron chi connectivity index (χ3n) is 6.41. The Balaban J connectivity index is 1.69. The van der Waals surface area contributed by atoms with Gasteiger partial charge in [0.1, 0.15) is 23.8 Å². The number of aromatic nitrogens is 1. The minimum absolute atomic E-state index is 0.0871. The fourth-order valence-electron chi connectivity index (χ4n) is 3.62. The van der Waals surface area contributed by atoms with E-state index in [1.165, 1.54) is 6.07 Å². The number of aromatic carboxylic acids is 1. The van der Waals surface area contributed by atoms with Gasteiger partial charge in [-0.1, -0.05) is 35.9 Å². The van der Waals surface area contributed by atoms with E-state index < -0.39 is 24.3 Å². The molecule has 35 heavy (non-hydrogen) atoms. The highest BCUT2D eigenvalue weighted by atomic mass is 35.5. The number of nitrogens with zero attached hydrogens (tertiary/aromatic N) is 1. The molecule has 0 amide bonds. The van der Waals surface area contributed by atoms with Crippen molar-refractivity contribution in [3.8, 4) is 22.8 Å². The number of benzene rings is 2. The second kappa shape index (κ2) is 9.53. The Morgan fingerprint density at radius 2 is 1.69 bits per heavy atom. The van der Waals surface area contributed by atoms with Crippen LogP contribution >= 0.6 is 11.6 Å². The average molecular weight is 496 g/mol. The van der Waals surface area contributed by atoms with E-state index in [0.29, 0.717) is 34.1 Å². The zero-order valence-corrected chi connectivity index (χ0v) is 21.1. The number of carboxylic acid groups (broad SMARTS) is 1. The summed E-state index contributed by atoms with van der Waals surface area (Å²) < 4.78 is 23.6. The van der Waals surface area contributed by atoms with Crippen LogP contribution in [-0.4, -0.2) is 41.5 Å². The van der Waals surface area contributed by atoms with Crippen LogP contribution in [0.4, 0.5) is 0 Å². The van der Waals surface area contributed by atoms with Crippen molar-refractivity contribution in [1.82, 2.24) is 4.98 Å². The summed E-state index contributed by atoms with van der Waals surface area (Å²) in [5, 5.41) is 9.97. The van der Waals surface area contributed by atoms with E-state index in [-0.39, 0.29) is 5.69 Å². The van der Waals surface area contributed by atoms with Crippen molar-refractivity contribution in [2.24, 2.45) is 0 Å². The van der Waals surface area contributed by atoms with Gasteiger partial charge < -0.3 is 23.9 Å². The fourth-order valence-corrected chi connectivity index (χ4v) is 3.80. The van der Waals surface area contributed by atoms with Gasteiger partial charge in [-0.05, 0) is 63.6 Å². The van der Waals surface area contributed by atoms with Crippen LogP contribution in [0.3, 0.4) is 0 Å². The third-order valence-corrected chi connectivity index (χ3v) is 6.72. The molecule has 1 aliphatic heterocycles. The van der Waals surface area contributed by atoms with Gasteiger partial charge in [0.15, 0.2) is 0 Å². The maximum Gasteiger partial charge on any atom is 0.497 e. The molecule has 4 rings (SSSR count). The Bertz CT molecular complexity index is 1230. The second-order valence-electron chi connectivity index (χ2n) is 9.31. The molecule has 0 aliphatic carbocycles. The van der Waals surface area contributed by atoms with Gasteiger partial charge in [0, 0.05) is 11.0 Å². The summed E-state index contributed by atoms with van der Waals surface area (Å²) in [7, 11) is 0.895. The molecule has 0 spiro atoms. The topological polar surface area (TPSA) is 87.1 Å². The Morgan fingerprint density at radius 3 is 2.29 bits per heavy atom. The molecule has 1 N–H and O–H groups in total. The number of rotatable bonds is 7. The molecule has 1 saturated heterocycles. The minimum Gasteiger partial charge on any atom is -0.497 e. The van der Waals surface area contributed by atoms with Crippen molar-refractivity contribution in [3.05, 3.63) is 70.9 Å². The van der Waals surface area contributed by atoms with E-state index in [1.54, 1.807) is 31.4 Å². The monoisotopic (exact) mass is 495 g/mol. The van der Waals surface area contributed by atoms with Crippen molar-refractivity contribution in [1.29, 1.82) is 0 Å². The first kappa shape index (κ1) is 25.0. The van der Waals surface area contributed by atoms with Gasteiger partial charge in [0.25, 0.3) is 0 Å². The fraction of sp³-hybridized carbons (Fsp3) is 0.308. The van der Waals surface area contributed by atoms with Crippen LogP contribution in [0.25, 0.3) is 11.3 Å². The molecule has 0 atom stereocenters. The van der Waals surface area contributed by atoms with Gasteiger partial charge in [-0.2, -0.15) is 0 Å². The zero-order valence-electron chi connectivity index (χ0n) is 20.3. The number of carboxylic acids is 1. The maximum absolute atomic E-state index is 11.7. The van der Waals surface area contributed by atoms with Crippen molar-refractivity contribution >= 4 is 30.2 Å². The maximum atomic E-state index is 11.7. The van der Waals surface area contributed by atoms with Crippen LogP contribution in [0.2, 0.25) is 5.02 Å². The number of carbonyl (C=O) groups is 1. The molecule has 3 aromatic rings. The van der Waals surface area contributed by atoms with E-state index in [2.05, 4.69) is 4.98 Å². The standard InChI is InChI=1S/C26H27BClNO6/c1-25(2)26(3,4)35-27(34-25)19-11-13-21(24(30)31)29-23(19)17-8-12-20(28)22(14-17)33-15-16-6-9-18(32-5)10-7-16/h6-14H,15H2,1-5H3,(H,30,31). The van der Waals surface area contributed by atoms with E-state index in [9.17, 15) is 9.90 Å². The first-order chi connectivity index (χ1) is 16.5. The zero-order chi connectivity index (χ0) is 25.4. The predicted octanol–water partition coefficient (Wildman–Crippen LogP) is 4.99. The van der Waals surface area contributed by atoms with E-state index in [1.807, 2.05) is 52.0 Å². The molecule has 1 aromatic heterocycles. The molecule has 9 heteroatoms. The minimum atomic E-state index is -1.13. The van der Waals surface area contributed by atoms with Crippen LogP contribution < -0.4 is 14.9 Å². The Labute approximate surface area is 210 Å². The summed E-state index contributed by atoms with van der Waals surface area (Å²) in [6, 6.07) is 15.9. The van der Waals surface area contributed by atoms with Gasteiger partial charge in [0.05, 0.1) is 29.0 Å².